The third kappa shape index (κ3) is 3.24. The van der Waals surface area contributed by atoms with E-state index in [4.69, 9.17) is 0 Å². The number of benzene rings is 1. The van der Waals surface area contributed by atoms with Crippen LogP contribution in [-0.2, 0) is 4.79 Å². The molecule has 3 atom stereocenters. The number of anilines is 1. The molecule has 2 fully saturated rings. The predicted octanol–water partition coefficient (Wildman–Crippen LogP) is 0.890. The highest BCUT2D eigenvalue weighted by Crippen LogP contribution is 2.32. The van der Waals surface area contributed by atoms with Crippen LogP contribution in [0.1, 0.15) is 32.1 Å². The lowest BCUT2D eigenvalue weighted by Gasteiger charge is -2.38. The van der Waals surface area contributed by atoms with Crippen molar-refractivity contribution in [1.82, 2.24) is 9.97 Å². The van der Waals surface area contributed by atoms with Gasteiger partial charge in [-0.05, 0) is 43.4 Å². The minimum atomic E-state index is -0.228. The number of hydrogen-bond donors (Lipinski definition) is 4. The molecule has 24 heavy (non-hydrogen) atoms. The van der Waals surface area contributed by atoms with Gasteiger partial charge in [0.05, 0.1) is 24.1 Å². The average molecular weight is 329 g/mol. The fourth-order valence-corrected chi connectivity index (χ4v) is 4.50. The van der Waals surface area contributed by atoms with Crippen LogP contribution in [0.5, 0.6) is 0 Å². The van der Waals surface area contributed by atoms with Crippen molar-refractivity contribution in [2.24, 2.45) is 11.8 Å². The van der Waals surface area contributed by atoms with Crippen molar-refractivity contribution < 1.29 is 9.69 Å². The first-order valence-electron chi connectivity index (χ1n) is 9.03. The first kappa shape index (κ1) is 15.4. The smallest absolute Gasteiger partial charge is 0.323 e. The molecule has 4 rings (SSSR count). The third-order valence-corrected chi connectivity index (χ3v) is 5.70. The number of rotatable bonds is 3. The highest BCUT2D eigenvalue weighted by Gasteiger charge is 2.34. The van der Waals surface area contributed by atoms with Crippen LogP contribution in [0.2, 0.25) is 0 Å². The summed E-state index contributed by atoms with van der Waals surface area (Å²) < 4.78 is 0. The van der Waals surface area contributed by atoms with Crippen LogP contribution in [0.25, 0.3) is 11.0 Å². The molecule has 4 N–H and O–H groups in total. The molecule has 1 unspecified atom stereocenters. The second-order valence-electron chi connectivity index (χ2n) is 7.36. The number of carbonyl (C=O) groups excluding carboxylic acids is 1. The van der Waals surface area contributed by atoms with Crippen molar-refractivity contribution in [2.75, 3.05) is 25.0 Å². The summed E-state index contributed by atoms with van der Waals surface area (Å²) in [6.45, 7) is 2.78. The Morgan fingerprint density at radius 1 is 1.12 bits per heavy atom. The minimum absolute atomic E-state index is 0.0523. The Hall–Kier alpha value is -2.08. The van der Waals surface area contributed by atoms with E-state index < -0.39 is 0 Å². The summed E-state index contributed by atoms with van der Waals surface area (Å²) in [6, 6.07) is 5.43. The summed E-state index contributed by atoms with van der Waals surface area (Å²) in [4.78, 5) is 30.5. The Morgan fingerprint density at radius 2 is 1.92 bits per heavy atom. The molecule has 2 aliphatic rings. The van der Waals surface area contributed by atoms with E-state index in [2.05, 4.69) is 15.3 Å². The second kappa shape index (κ2) is 6.43. The SMILES string of the molecule is O=C(C[NH+]1CC[C@@H]2CCCC[C@@H]2C1)Nc1ccc2[nH]c(=O)[nH]c2c1. The highest BCUT2D eigenvalue weighted by molar-refractivity contribution is 5.93. The molecule has 1 aromatic carbocycles. The Labute approximate surface area is 140 Å². The molecular weight excluding hydrogens is 304 g/mol. The summed E-state index contributed by atoms with van der Waals surface area (Å²) in [5, 5.41) is 2.97. The second-order valence-corrected chi connectivity index (χ2v) is 7.36. The van der Waals surface area contributed by atoms with Crippen LogP contribution in [0.15, 0.2) is 23.0 Å². The average Bonchev–Trinajstić information content (AvgIpc) is 2.94. The van der Waals surface area contributed by atoms with Gasteiger partial charge in [0.25, 0.3) is 5.91 Å². The Bertz CT molecular complexity index is 794. The van der Waals surface area contributed by atoms with E-state index in [9.17, 15) is 9.59 Å². The predicted molar refractivity (Wildman–Crippen MR) is 93.2 cm³/mol. The van der Waals surface area contributed by atoms with Crippen LogP contribution >= 0.6 is 0 Å². The lowest BCUT2D eigenvalue weighted by molar-refractivity contribution is -0.902. The molecule has 0 bridgehead atoms. The lowest BCUT2D eigenvalue weighted by atomic mass is 9.75. The third-order valence-electron chi connectivity index (χ3n) is 5.70. The monoisotopic (exact) mass is 329 g/mol. The van der Waals surface area contributed by atoms with E-state index in [-0.39, 0.29) is 11.6 Å². The summed E-state index contributed by atoms with van der Waals surface area (Å²) in [6.07, 6.45) is 6.74. The summed E-state index contributed by atoms with van der Waals surface area (Å²) in [5.74, 6) is 1.77. The van der Waals surface area contributed by atoms with Crippen LogP contribution in [0.3, 0.4) is 0 Å². The minimum Gasteiger partial charge on any atom is -0.327 e. The van der Waals surface area contributed by atoms with E-state index >= 15 is 0 Å². The van der Waals surface area contributed by atoms with Crippen molar-refractivity contribution in [2.45, 2.75) is 32.1 Å². The Kier molecular flexibility index (Phi) is 4.14. The molecule has 0 spiro atoms. The van der Waals surface area contributed by atoms with Crippen molar-refractivity contribution in [3.05, 3.63) is 28.7 Å². The van der Waals surface area contributed by atoms with Gasteiger partial charge < -0.3 is 20.2 Å². The van der Waals surface area contributed by atoms with Crippen LogP contribution < -0.4 is 15.9 Å². The maximum Gasteiger partial charge on any atom is 0.323 e. The van der Waals surface area contributed by atoms with Crippen LogP contribution in [0, 0.1) is 11.8 Å². The van der Waals surface area contributed by atoms with Crippen molar-refractivity contribution >= 4 is 22.6 Å². The zero-order valence-corrected chi connectivity index (χ0v) is 13.9. The zero-order chi connectivity index (χ0) is 16.5. The molecule has 2 heterocycles. The van der Waals surface area contributed by atoms with Gasteiger partial charge in [-0.2, -0.15) is 0 Å². The van der Waals surface area contributed by atoms with Crippen LogP contribution in [0.4, 0.5) is 5.69 Å². The van der Waals surface area contributed by atoms with Gasteiger partial charge in [-0.15, -0.1) is 0 Å². The fourth-order valence-electron chi connectivity index (χ4n) is 4.50. The van der Waals surface area contributed by atoms with E-state index in [1.807, 2.05) is 12.1 Å². The molecule has 1 aliphatic carbocycles. The number of amides is 1. The van der Waals surface area contributed by atoms with Gasteiger partial charge >= 0.3 is 5.69 Å². The first-order chi connectivity index (χ1) is 11.7. The van der Waals surface area contributed by atoms with E-state index in [1.165, 1.54) is 37.0 Å². The van der Waals surface area contributed by atoms with Crippen LogP contribution in [-0.4, -0.2) is 35.5 Å². The van der Waals surface area contributed by atoms with Gasteiger partial charge in [-0.3, -0.25) is 4.79 Å². The van der Waals surface area contributed by atoms with Gasteiger partial charge in [0.2, 0.25) is 0 Å². The Balaban J connectivity index is 1.36. The van der Waals surface area contributed by atoms with Crippen molar-refractivity contribution in [3.63, 3.8) is 0 Å². The standard InChI is InChI=1S/C18H24N4O2/c23-17(11-22-8-7-12-3-1-2-4-13(12)10-22)19-14-5-6-15-16(9-14)21-18(24)20-15/h5-6,9,12-13H,1-4,7-8,10-11H2,(H,19,23)(H2,20,21,24)/p+1/t12-,13+/m0/s1. The maximum absolute atomic E-state index is 12.4. The van der Waals surface area contributed by atoms with E-state index in [0.29, 0.717) is 12.1 Å². The number of nitrogens with one attached hydrogen (secondary N) is 4. The molecule has 128 valence electrons. The number of piperidine rings is 1. The molecule has 2 aromatic rings. The normalized spacial score (nSPS) is 26.9. The number of H-pyrrole nitrogens is 2. The number of imidazole rings is 1. The molecular formula is C18H25N4O2+. The molecule has 1 saturated carbocycles. The summed E-state index contributed by atoms with van der Waals surface area (Å²) in [7, 11) is 0. The molecule has 1 aliphatic heterocycles. The number of hydrogen-bond acceptors (Lipinski definition) is 2. The highest BCUT2D eigenvalue weighted by atomic mass is 16.2. The lowest BCUT2D eigenvalue weighted by Crippen LogP contribution is -3.15. The van der Waals surface area contributed by atoms with Gasteiger partial charge in [0, 0.05) is 11.6 Å². The zero-order valence-electron chi connectivity index (χ0n) is 13.9. The fraction of sp³-hybridized carbons (Fsp3) is 0.556. The molecule has 6 heteroatoms. The maximum atomic E-state index is 12.4. The molecule has 1 aromatic heterocycles. The largest absolute Gasteiger partial charge is 0.327 e. The number of likely N-dealkylation sites (tertiary alicyclic amines) is 1. The Morgan fingerprint density at radius 3 is 2.79 bits per heavy atom. The van der Waals surface area contributed by atoms with Crippen molar-refractivity contribution in [3.8, 4) is 0 Å². The van der Waals surface area contributed by atoms with Crippen molar-refractivity contribution in [1.29, 1.82) is 0 Å². The van der Waals surface area contributed by atoms with Gasteiger partial charge in [0.1, 0.15) is 0 Å². The first-order valence-corrected chi connectivity index (χ1v) is 9.03. The molecule has 6 nitrogen and oxygen atoms in total. The molecule has 1 amide bonds. The number of carbonyl (C=O) groups is 1. The van der Waals surface area contributed by atoms with E-state index in [0.717, 1.165) is 36.1 Å². The van der Waals surface area contributed by atoms with E-state index in [1.54, 1.807) is 6.07 Å². The van der Waals surface area contributed by atoms with Gasteiger partial charge in [0.15, 0.2) is 6.54 Å². The topological polar surface area (TPSA) is 82.2 Å². The number of aromatic nitrogens is 2. The summed E-state index contributed by atoms with van der Waals surface area (Å²) >= 11 is 0. The van der Waals surface area contributed by atoms with Gasteiger partial charge in [-0.1, -0.05) is 12.8 Å². The molecule has 0 radical (unpaired) electrons. The van der Waals surface area contributed by atoms with Gasteiger partial charge in [-0.25, -0.2) is 4.79 Å². The molecule has 1 saturated heterocycles. The number of quaternary nitrogens is 1. The number of fused-ring (bicyclic) bond motifs is 2. The quantitative estimate of drug-likeness (QED) is 0.674. The number of aromatic amines is 2. The summed E-state index contributed by atoms with van der Waals surface area (Å²) in [5.41, 5.74) is 1.97.